The van der Waals surface area contributed by atoms with Gasteiger partial charge in [-0.1, -0.05) is 6.07 Å². The SMILES string of the molecule is COc1ccc(CCNC(=O)CCn2cnc3sc(C)c(C)c3c2=O)cc1OC. The third-order valence-electron chi connectivity index (χ3n) is 4.92. The summed E-state index contributed by atoms with van der Waals surface area (Å²) in [5.74, 6) is 1.24. The number of carbonyl (C=O) groups excluding carboxylic acids is 1. The zero-order chi connectivity index (χ0) is 21.0. The van der Waals surface area contributed by atoms with Crippen LogP contribution in [0.5, 0.6) is 11.5 Å². The first-order chi connectivity index (χ1) is 13.9. The number of ether oxygens (including phenoxy) is 2. The molecular weight excluding hydrogens is 390 g/mol. The molecule has 0 bridgehead atoms. The van der Waals surface area contributed by atoms with E-state index in [9.17, 15) is 9.59 Å². The lowest BCUT2D eigenvalue weighted by molar-refractivity contribution is -0.121. The molecule has 8 heteroatoms. The average Bonchev–Trinajstić information content (AvgIpc) is 3.01. The fourth-order valence-electron chi connectivity index (χ4n) is 3.12. The van der Waals surface area contributed by atoms with Gasteiger partial charge in [0.15, 0.2) is 11.5 Å². The Morgan fingerprint density at radius 1 is 1.21 bits per heavy atom. The summed E-state index contributed by atoms with van der Waals surface area (Å²) in [6.45, 7) is 4.72. The molecule has 1 aromatic carbocycles. The fourth-order valence-corrected chi connectivity index (χ4v) is 4.11. The maximum absolute atomic E-state index is 12.7. The van der Waals surface area contributed by atoms with Gasteiger partial charge in [0.1, 0.15) is 4.83 Å². The quantitative estimate of drug-likeness (QED) is 0.612. The third kappa shape index (κ3) is 4.59. The lowest BCUT2D eigenvalue weighted by Crippen LogP contribution is -2.29. The minimum atomic E-state index is -0.101. The van der Waals surface area contributed by atoms with Crippen LogP contribution in [0.3, 0.4) is 0 Å². The lowest BCUT2D eigenvalue weighted by atomic mass is 10.1. The summed E-state index contributed by atoms with van der Waals surface area (Å²) >= 11 is 1.52. The molecule has 154 valence electrons. The van der Waals surface area contributed by atoms with E-state index < -0.39 is 0 Å². The van der Waals surface area contributed by atoms with Gasteiger partial charge in [0.2, 0.25) is 5.91 Å². The highest BCUT2D eigenvalue weighted by Crippen LogP contribution is 2.27. The highest BCUT2D eigenvalue weighted by atomic mass is 32.1. The number of methoxy groups -OCH3 is 2. The number of aryl methyl sites for hydroxylation is 3. The second-order valence-corrected chi connectivity index (χ2v) is 7.95. The Morgan fingerprint density at radius 2 is 1.97 bits per heavy atom. The Bertz CT molecular complexity index is 1090. The van der Waals surface area contributed by atoms with E-state index in [2.05, 4.69) is 10.3 Å². The number of hydrogen-bond acceptors (Lipinski definition) is 6. The molecule has 0 radical (unpaired) electrons. The predicted octanol–water partition coefficient (Wildman–Crippen LogP) is 2.84. The van der Waals surface area contributed by atoms with Gasteiger partial charge in [0.05, 0.1) is 25.9 Å². The molecule has 2 aromatic heterocycles. The van der Waals surface area contributed by atoms with Crippen LogP contribution in [0.2, 0.25) is 0 Å². The monoisotopic (exact) mass is 415 g/mol. The van der Waals surface area contributed by atoms with Gasteiger partial charge in [-0.2, -0.15) is 0 Å². The van der Waals surface area contributed by atoms with Gasteiger partial charge in [0.25, 0.3) is 5.56 Å². The van der Waals surface area contributed by atoms with E-state index in [0.717, 1.165) is 20.8 Å². The van der Waals surface area contributed by atoms with Gasteiger partial charge in [-0.25, -0.2) is 4.98 Å². The predicted molar refractivity (Wildman–Crippen MR) is 114 cm³/mol. The number of hydrogen-bond donors (Lipinski definition) is 1. The molecule has 0 fully saturated rings. The van der Waals surface area contributed by atoms with Crippen LogP contribution in [0, 0.1) is 13.8 Å². The van der Waals surface area contributed by atoms with Crippen LogP contribution in [0.25, 0.3) is 10.2 Å². The molecule has 29 heavy (non-hydrogen) atoms. The Morgan fingerprint density at radius 3 is 2.69 bits per heavy atom. The van der Waals surface area contributed by atoms with Crippen LogP contribution >= 0.6 is 11.3 Å². The van der Waals surface area contributed by atoms with Gasteiger partial charge in [-0.15, -0.1) is 11.3 Å². The molecule has 0 atom stereocenters. The molecule has 1 N–H and O–H groups in total. The van der Waals surface area contributed by atoms with Crippen molar-refractivity contribution in [1.82, 2.24) is 14.9 Å². The molecule has 0 unspecified atom stereocenters. The maximum atomic E-state index is 12.7. The number of carbonyl (C=O) groups is 1. The number of amides is 1. The average molecular weight is 416 g/mol. The van der Waals surface area contributed by atoms with Crippen LogP contribution in [0.1, 0.15) is 22.4 Å². The number of fused-ring (bicyclic) bond motifs is 1. The van der Waals surface area contributed by atoms with Gasteiger partial charge in [-0.3, -0.25) is 14.2 Å². The van der Waals surface area contributed by atoms with E-state index in [4.69, 9.17) is 9.47 Å². The van der Waals surface area contributed by atoms with Crippen molar-refractivity contribution in [2.45, 2.75) is 33.2 Å². The number of rotatable bonds is 8. The minimum Gasteiger partial charge on any atom is -0.493 e. The molecule has 0 spiro atoms. The van der Waals surface area contributed by atoms with Crippen molar-refractivity contribution in [2.24, 2.45) is 0 Å². The summed E-state index contributed by atoms with van der Waals surface area (Å²) in [5, 5.41) is 3.55. The van der Waals surface area contributed by atoms with Gasteiger partial charge >= 0.3 is 0 Å². The van der Waals surface area contributed by atoms with Gasteiger partial charge < -0.3 is 14.8 Å². The highest BCUT2D eigenvalue weighted by molar-refractivity contribution is 7.18. The standard InChI is InChI=1S/C21H25N3O4S/c1-13-14(2)29-20-19(13)21(26)24(12-23-20)10-8-18(25)22-9-7-15-5-6-16(27-3)17(11-15)28-4/h5-6,11-12H,7-10H2,1-4H3,(H,22,25). The molecule has 0 saturated heterocycles. The fraction of sp³-hybridized carbons (Fsp3) is 0.381. The number of thiophene rings is 1. The smallest absolute Gasteiger partial charge is 0.262 e. The summed E-state index contributed by atoms with van der Waals surface area (Å²) < 4.78 is 12.0. The molecular formula is C21H25N3O4S. The zero-order valence-electron chi connectivity index (χ0n) is 17.1. The summed E-state index contributed by atoms with van der Waals surface area (Å²) in [6.07, 6.45) is 2.42. The zero-order valence-corrected chi connectivity index (χ0v) is 17.9. The van der Waals surface area contributed by atoms with E-state index in [-0.39, 0.29) is 17.9 Å². The molecule has 3 aromatic rings. The van der Waals surface area contributed by atoms with Crippen molar-refractivity contribution < 1.29 is 14.3 Å². The lowest BCUT2D eigenvalue weighted by Gasteiger charge is -2.10. The molecule has 2 heterocycles. The van der Waals surface area contributed by atoms with Gasteiger partial charge in [-0.05, 0) is 43.5 Å². The van der Waals surface area contributed by atoms with E-state index in [0.29, 0.717) is 36.4 Å². The summed E-state index contributed by atoms with van der Waals surface area (Å²) in [6, 6.07) is 5.69. The van der Waals surface area contributed by atoms with E-state index >= 15 is 0 Å². The Labute approximate surface area is 173 Å². The Hall–Kier alpha value is -2.87. The van der Waals surface area contributed by atoms with Crippen LogP contribution in [-0.2, 0) is 17.8 Å². The van der Waals surface area contributed by atoms with E-state index in [1.165, 1.54) is 22.2 Å². The van der Waals surface area contributed by atoms with Crippen LogP contribution in [-0.4, -0.2) is 36.2 Å². The second-order valence-electron chi connectivity index (χ2n) is 6.75. The summed E-state index contributed by atoms with van der Waals surface area (Å²) in [7, 11) is 3.19. The van der Waals surface area contributed by atoms with Crippen LogP contribution in [0.4, 0.5) is 0 Å². The molecule has 0 aliphatic carbocycles. The van der Waals surface area contributed by atoms with Crippen molar-refractivity contribution in [3.63, 3.8) is 0 Å². The molecule has 1 amide bonds. The first-order valence-electron chi connectivity index (χ1n) is 9.37. The minimum absolute atomic E-state index is 0.0880. The van der Waals surface area contributed by atoms with E-state index in [1.54, 1.807) is 14.2 Å². The largest absolute Gasteiger partial charge is 0.493 e. The number of aromatic nitrogens is 2. The number of nitrogens with one attached hydrogen (secondary N) is 1. The Balaban J connectivity index is 1.54. The van der Waals surface area contributed by atoms with Gasteiger partial charge in [0, 0.05) is 24.4 Å². The van der Waals surface area contributed by atoms with Crippen LogP contribution in [0.15, 0.2) is 29.3 Å². The summed E-state index contributed by atoms with van der Waals surface area (Å²) in [4.78, 5) is 31.1. The molecule has 0 saturated carbocycles. The molecule has 0 aliphatic heterocycles. The second kappa shape index (κ2) is 9.09. The molecule has 0 aliphatic rings. The van der Waals surface area contributed by atoms with Crippen molar-refractivity contribution in [2.75, 3.05) is 20.8 Å². The van der Waals surface area contributed by atoms with Crippen molar-refractivity contribution in [3.8, 4) is 11.5 Å². The normalized spacial score (nSPS) is 10.9. The maximum Gasteiger partial charge on any atom is 0.262 e. The Kier molecular flexibility index (Phi) is 6.53. The van der Waals surface area contributed by atoms with Crippen molar-refractivity contribution in [1.29, 1.82) is 0 Å². The summed E-state index contributed by atoms with van der Waals surface area (Å²) in [5.41, 5.74) is 1.92. The first kappa shape index (κ1) is 20.9. The molecule has 3 rings (SSSR count). The van der Waals surface area contributed by atoms with E-state index in [1.807, 2.05) is 32.0 Å². The number of nitrogens with zero attached hydrogens (tertiary/aromatic N) is 2. The number of benzene rings is 1. The van der Waals surface area contributed by atoms with Crippen molar-refractivity contribution in [3.05, 3.63) is 50.9 Å². The highest BCUT2D eigenvalue weighted by Gasteiger charge is 2.13. The first-order valence-corrected chi connectivity index (χ1v) is 10.2. The topological polar surface area (TPSA) is 82.5 Å². The molecule has 7 nitrogen and oxygen atoms in total. The third-order valence-corrected chi connectivity index (χ3v) is 6.03. The van der Waals surface area contributed by atoms with Crippen molar-refractivity contribution >= 4 is 27.5 Å². The van der Waals surface area contributed by atoms with Crippen LogP contribution < -0.4 is 20.3 Å².